The minimum absolute atomic E-state index is 0.277. The summed E-state index contributed by atoms with van der Waals surface area (Å²) in [4.78, 5) is 0. The number of thioether (sulfide) groups is 1. The molecule has 0 aliphatic heterocycles. The molecule has 18 heavy (non-hydrogen) atoms. The second kappa shape index (κ2) is 5.40. The average molecular weight is 271 g/mol. The lowest BCUT2D eigenvalue weighted by Gasteiger charge is -2.11. The van der Waals surface area contributed by atoms with E-state index in [0.29, 0.717) is 10.9 Å². The van der Waals surface area contributed by atoms with Crippen molar-refractivity contribution in [2.75, 3.05) is 5.75 Å². The highest BCUT2D eigenvalue weighted by molar-refractivity contribution is 7.99. The first-order valence-electron chi connectivity index (χ1n) is 5.13. The molecular formula is C10H11F2N5S. The molecule has 0 saturated heterocycles. The Morgan fingerprint density at radius 2 is 2.22 bits per heavy atom. The van der Waals surface area contributed by atoms with Crippen LogP contribution in [0, 0.1) is 11.6 Å². The minimum Gasteiger partial charge on any atom is -0.323 e. The third-order valence-corrected chi connectivity index (χ3v) is 3.47. The molecule has 1 heterocycles. The van der Waals surface area contributed by atoms with Gasteiger partial charge in [0, 0.05) is 30.5 Å². The summed E-state index contributed by atoms with van der Waals surface area (Å²) >= 11 is 1.31. The highest BCUT2D eigenvalue weighted by atomic mass is 32.2. The molecule has 0 saturated carbocycles. The van der Waals surface area contributed by atoms with Crippen molar-refractivity contribution in [3.8, 4) is 0 Å². The first kappa shape index (κ1) is 12.9. The predicted molar refractivity (Wildman–Crippen MR) is 62.8 cm³/mol. The summed E-state index contributed by atoms with van der Waals surface area (Å²) in [5.74, 6) is -0.857. The predicted octanol–water partition coefficient (Wildman–Crippen LogP) is 1.28. The second-order valence-electron chi connectivity index (χ2n) is 3.67. The lowest BCUT2D eigenvalue weighted by molar-refractivity contribution is 0.563. The van der Waals surface area contributed by atoms with Gasteiger partial charge in [0.25, 0.3) is 0 Å². The summed E-state index contributed by atoms with van der Waals surface area (Å²) in [6.07, 6.45) is 0. The molecule has 2 rings (SSSR count). The van der Waals surface area contributed by atoms with E-state index >= 15 is 0 Å². The summed E-state index contributed by atoms with van der Waals surface area (Å²) < 4.78 is 27.7. The van der Waals surface area contributed by atoms with Crippen molar-refractivity contribution in [2.45, 2.75) is 11.2 Å². The number of aromatic nitrogens is 4. The summed E-state index contributed by atoms with van der Waals surface area (Å²) in [5.41, 5.74) is 6.13. The van der Waals surface area contributed by atoms with Gasteiger partial charge in [-0.15, -0.1) is 5.10 Å². The number of tetrazole rings is 1. The molecular weight excluding hydrogens is 260 g/mol. The van der Waals surface area contributed by atoms with E-state index in [4.69, 9.17) is 5.73 Å². The average Bonchev–Trinajstić information content (AvgIpc) is 2.72. The zero-order chi connectivity index (χ0) is 13.1. The molecule has 1 aromatic heterocycles. The third kappa shape index (κ3) is 2.82. The van der Waals surface area contributed by atoms with Crippen LogP contribution in [0.2, 0.25) is 0 Å². The van der Waals surface area contributed by atoms with Crippen LogP contribution in [0.15, 0.2) is 23.4 Å². The summed E-state index contributed by atoms with van der Waals surface area (Å²) in [6.45, 7) is 0. The van der Waals surface area contributed by atoms with E-state index < -0.39 is 17.7 Å². The SMILES string of the molecule is Cn1nnnc1SCC(N)c1ccc(F)cc1F. The van der Waals surface area contributed by atoms with Crippen molar-refractivity contribution in [1.29, 1.82) is 0 Å². The van der Waals surface area contributed by atoms with E-state index in [1.807, 2.05) is 0 Å². The Bertz CT molecular complexity index is 545. The Hall–Kier alpha value is -1.54. The van der Waals surface area contributed by atoms with E-state index in [9.17, 15) is 8.78 Å². The monoisotopic (exact) mass is 271 g/mol. The van der Waals surface area contributed by atoms with E-state index in [0.717, 1.165) is 6.07 Å². The van der Waals surface area contributed by atoms with Crippen LogP contribution in [0.1, 0.15) is 11.6 Å². The maximum Gasteiger partial charge on any atom is 0.209 e. The number of aryl methyl sites for hydroxylation is 1. The molecule has 0 bridgehead atoms. The van der Waals surface area contributed by atoms with Gasteiger partial charge in [-0.2, -0.15) is 0 Å². The van der Waals surface area contributed by atoms with Crippen molar-refractivity contribution < 1.29 is 8.78 Å². The number of hydrogen-bond donors (Lipinski definition) is 1. The number of hydrogen-bond acceptors (Lipinski definition) is 5. The molecule has 2 N–H and O–H groups in total. The molecule has 8 heteroatoms. The quantitative estimate of drug-likeness (QED) is 0.848. The van der Waals surface area contributed by atoms with Crippen molar-refractivity contribution >= 4 is 11.8 Å². The first-order chi connectivity index (χ1) is 8.58. The fourth-order valence-electron chi connectivity index (χ4n) is 1.40. The van der Waals surface area contributed by atoms with Crippen LogP contribution in [-0.2, 0) is 7.05 Å². The maximum absolute atomic E-state index is 13.5. The van der Waals surface area contributed by atoms with Crippen LogP contribution in [0.3, 0.4) is 0 Å². The standard InChI is InChI=1S/C10H11F2N5S/c1-17-10(14-15-16-17)18-5-9(13)7-3-2-6(11)4-8(7)12/h2-4,9H,5,13H2,1H3. The van der Waals surface area contributed by atoms with Crippen LogP contribution in [0.4, 0.5) is 8.78 Å². The Morgan fingerprint density at radius 1 is 1.44 bits per heavy atom. The Morgan fingerprint density at radius 3 is 2.83 bits per heavy atom. The van der Waals surface area contributed by atoms with Crippen LogP contribution in [0.5, 0.6) is 0 Å². The zero-order valence-electron chi connectivity index (χ0n) is 9.55. The van der Waals surface area contributed by atoms with Crippen molar-refractivity contribution in [1.82, 2.24) is 20.2 Å². The molecule has 96 valence electrons. The van der Waals surface area contributed by atoms with Gasteiger partial charge in [-0.1, -0.05) is 17.8 Å². The first-order valence-corrected chi connectivity index (χ1v) is 6.12. The third-order valence-electron chi connectivity index (χ3n) is 2.34. The molecule has 0 aliphatic carbocycles. The number of halogens is 2. The molecule has 5 nitrogen and oxygen atoms in total. The van der Waals surface area contributed by atoms with Crippen molar-refractivity contribution in [3.05, 3.63) is 35.4 Å². The summed E-state index contributed by atoms with van der Waals surface area (Å²) in [6, 6.07) is 2.81. The molecule has 2 aromatic rings. The lowest BCUT2D eigenvalue weighted by atomic mass is 10.1. The molecule has 1 atom stereocenters. The van der Waals surface area contributed by atoms with Gasteiger partial charge in [0.05, 0.1) is 0 Å². The zero-order valence-corrected chi connectivity index (χ0v) is 10.4. The van der Waals surface area contributed by atoms with Gasteiger partial charge in [0.1, 0.15) is 11.6 Å². The van der Waals surface area contributed by atoms with E-state index in [-0.39, 0.29) is 5.56 Å². The maximum atomic E-state index is 13.5. The van der Waals surface area contributed by atoms with Crippen LogP contribution in [-0.4, -0.2) is 26.0 Å². The van der Waals surface area contributed by atoms with Gasteiger partial charge < -0.3 is 5.73 Å². The van der Waals surface area contributed by atoms with Gasteiger partial charge in [0.15, 0.2) is 0 Å². The van der Waals surface area contributed by atoms with Crippen molar-refractivity contribution in [3.63, 3.8) is 0 Å². The van der Waals surface area contributed by atoms with Gasteiger partial charge >= 0.3 is 0 Å². The minimum atomic E-state index is -0.640. The Kier molecular flexibility index (Phi) is 3.87. The Balaban J connectivity index is 2.03. The molecule has 0 radical (unpaired) electrons. The number of nitrogens with zero attached hydrogens (tertiary/aromatic N) is 4. The van der Waals surface area contributed by atoms with Crippen molar-refractivity contribution in [2.24, 2.45) is 12.8 Å². The van der Waals surface area contributed by atoms with Gasteiger partial charge in [-0.25, -0.2) is 13.5 Å². The number of nitrogens with two attached hydrogens (primary N) is 1. The van der Waals surface area contributed by atoms with Gasteiger partial charge in [0.2, 0.25) is 5.16 Å². The summed E-state index contributed by atoms with van der Waals surface area (Å²) in [5, 5.41) is 11.5. The van der Waals surface area contributed by atoms with E-state index in [2.05, 4.69) is 15.5 Å². The van der Waals surface area contributed by atoms with Crippen LogP contribution < -0.4 is 5.73 Å². The van der Waals surface area contributed by atoms with Crippen LogP contribution in [0.25, 0.3) is 0 Å². The molecule has 0 amide bonds. The topological polar surface area (TPSA) is 69.6 Å². The molecule has 1 unspecified atom stereocenters. The number of benzene rings is 1. The fourth-order valence-corrected chi connectivity index (χ4v) is 2.23. The molecule has 0 spiro atoms. The Labute approximate surface area is 106 Å². The summed E-state index contributed by atoms with van der Waals surface area (Å²) in [7, 11) is 1.70. The largest absolute Gasteiger partial charge is 0.323 e. The highest BCUT2D eigenvalue weighted by Crippen LogP contribution is 2.23. The highest BCUT2D eigenvalue weighted by Gasteiger charge is 2.14. The lowest BCUT2D eigenvalue weighted by Crippen LogP contribution is -2.15. The second-order valence-corrected chi connectivity index (χ2v) is 4.66. The molecule has 0 aliphatic rings. The molecule has 0 fully saturated rings. The number of rotatable bonds is 4. The van der Waals surface area contributed by atoms with Gasteiger partial charge in [-0.05, 0) is 16.5 Å². The van der Waals surface area contributed by atoms with Gasteiger partial charge in [-0.3, -0.25) is 0 Å². The van der Waals surface area contributed by atoms with E-state index in [1.165, 1.54) is 28.6 Å². The van der Waals surface area contributed by atoms with Crippen LogP contribution >= 0.6 is 11.8 Å². The normalized spacial score (nSPS) is 12.7. The van der Waals surface area contributed by atoms with E-state index in [1.54, 1.807) is 7.05 Å². The smallest absolute Gasteiger partial charge is 0.209 e. The molecule has 1 aromatic carbocycles. The fraction of sp³-hybridized carbons (Fsp3) is 0.300.